The van der Waals surface area contributed by atoms with Gasteiger partial charge in [-0.2, -0.15) is 0 Å². The fourth-order valence-electron chi connectivity index (χ4n) is 2.89. The number of nitrogens with one attached hydrogen (secondary N) is 1. The van der Waals surface area contributed by atoms with Crippen LogP contribution >= 0.6 is 15.9 Å². The largest absolute Gasteiger partial charge is 0.381 e. The second-order valence-corrected chi connectivity index (χ2v) is 8.42. The minimum atomic E-state index is -3.61. The van der Waals surface area contributed by atoms with Gasteiger partial charge in [0.2, 0.25) is 10.0 Å². The zero-order valence-electron chi connectivity index (χ0n) is 13.1. The first kappa shape index (κ1) is 17.5. The lowest BCUT2D eigenvalue weighted by molar-refractivity contribution is 0.0564. The molecule has 0 radical (unpaired) electrons. The summed E-state index contributed by atoms with van der Waals surface area (Å²) in [5.41, 5.74) is 0.880. The summed E-state index contributed by atoms with van der Waals surface area (Å²) in [7, 11) is -3.61. The smallest absolute Gasteiger partial charge is 0.241 e. The minimum Gasteiger partial charge on any atom is -0.381 e. The number of rotatable bonds is 5. The molecule has 7 heteroatoms. The second-order valence-electron chi connectivity index (χ2n) is 5.79. The van der Waals surface area contributed by atoms with Gasteiger partial charge in [0.05, 0.1) is 10.9 Å². The van der Waals surface area contributed by atoms with Gasteiger partial charge in [0.25, 0.3) is 0 Å². The fourth-order valence-corrected chi connectivity index (χ4v) is 4.45. The van der Waals surface area contributed by atoms with Crippen LogP contribution in [0, 0.1) is 5.92 Å². The molecule has 0 spiro atoms. The Morgan fingerprint density at radius 3 is 2.50 bits per heavy atom. The summed E-state index contributed by atoms with van der Waals surface area (Å²) in [6, 6.07) is 10.1. The van der Waals surface area contributed by atoms with Crippen LogP contribution in [0.4, 0.5) is 0 Å². The minimum absolute atomic E-state index is 0.188. The number of nitrogens with zero attached hydrogens (tertiary/aromatic N) is 1. The van der Waals surface area contributed by atoms with Crippen molar-refractivity contribution in [2.75, 3.05) is 13.2 Å². The number of aromatic nitrogens is 1. The number of sulfonamides is 1. The zero-order valence-corrected chi connectivity index (χ0v) is 15.5. The van der Waals surface area contributed by atoms with Crippen LogP contribution in [0.2, 0.25) is 0 Å². The molecular formula is C17H19BrN2O3S. The van der Waals surface area contributed by atoms with E-state index in [2.05, 4.69) is 25.6 Å². The van der Waals surface area contributed by atoms with E-state index >= 15 is 0 Å². The van der Waals surface area contributed by atoms with Crippen molar-refractivity contribution in [1.82, 2.24) is 9.71 Å². The maximum Gasteiger partial charge on any atom is 0.241 e. The van der Waals surface area contributed by atoms with Crippen molar-refractivity contribution in [1.29, 1.82) is 0 Å². The molecule has 1 fully saturated rings. The molecule has 2 heterocycles. The van der Waals surface area contributed by atoms with Gasteiger partial charge in [0, 0.05) is 30.1 Å². The number of hydrogen-bond acceptors (Lipinski definition) is 4. The van der Waals surface area contributed by atoms with Gasteiger partial charge in [-0.3, -0.25) is 4.98 Å². The predicted molar refractivity (Wildman–Crippen MR) is 95.0 cm³/mol. The molecule has 0 saturated carbocycles. The number of ether oxygens (including phenoxy) is 1. The molecule has 128 valence electrons. The van der Waals surface area contributed by atoms with Crippen LogP contribution in [0.1, 0.15) is 24.4 Å². The Labute approximate surface area is 150 Å². The molecule has 5 nitrogen and oxygen atoms in total. The third-order valence-corrected chi connectivity index (χ3v) is 6.17. The molecule has 1 N–H and O–H groups in total. The van der Waals surface area contributed by atoms with Crippen molar-refractivity contribution in [2.45, 2.75) is 23.8 Å². The summed E-state index contributed by atoms with van der Waals surface area (Å²) in [4.78, 5) is 4.40. The van der Waals surface area contributed by atoms with Crippen LogP contribution in [0.25, 0.3) is 0 Å². The highest BCUT2D eigenvalue weighted by molar-refractivity contribution is 9.10. The lowest BCUT2D eigenvalue weighted by atomic mass is 9.88. The second kappa shape index (κ2) is 7.74. The molecule has 1 aromatic heterocycles. The summed E-state index contributed by atoms with van der Waals surface area (Å²) < 4.78 is 34.7. The van der Waals surface area contributed by atoms with E-state index in [0.717, 1.165) is 22.9 Å². The SMILES string of the molecule is O=S(=O)(NC(c1cccnc1)C1CCOCC1)c1ccc(Br)cc1. The Morgan fingerprint density at radius 2 is 1.88 bits per heavy atom. The number of pyridine rings is 1. The Bertz CT molecular complexity index is 760. The van der Waals surface area contributed by atoms with Crippen molar-refractivity contribution in [2.24, 2.45) is 5.92 Å². The molecule has 3 rings (SSSR count). The monoisotopic (exact) mass is 410 g/mol. The molecule has 1 aliphatic heterocycles. The Hall–Kier alpha value is -1.28. The van der Waals surface area contributed by atoms with E-state index in [1.54, 1.807) is 36.7 Å². The van der Waals surface area contributed by atoms with Crippen LogP contribution < -0.4 is 4.72 Å². The van der Waals surface area contributed by atoms with Crippen LogP contribution in [0.5, 0.6) is 0 Å². The lowest BCUT2D eigenvalue weighted by Crippen LogP contribution is -2.36. The molecular weight excluding hydrogens is 392 g/mol. The third kappa shape index (κ3) is 4.22. The van der Waals surface area contributed by atoms with Crippen LogP contribution in [0.3, 0.4) is 0 Å². The van der Waals surface area contributed by atoms with Gasteiger partial charge in [0.15, 0.2) is 0 Å². The molecule has 24 heavy (non-hydrogen) atoms. The standard InChI is InChI=1S/C17H19BrN2O3S/c18-15-3-5-16(6-4-15)24(21,22)20-17(13-7-10-23-11-8-13)14-2-1-9-19-12-14/h1-6,9,12-13,17,20H,7-8,10-11H2. The molecule has 1 atom stereocenters. The quantitative estimate of drug-likeness (QED) is 0.820. The molecule has 0 bridgehead atoms. The Morgan fingerprint density at radius 1 is 1.17 bits per heavy atom. The summed E-state index contributed by atoms with van der Waals surface area (Å²) in [6.45, 7) is 1.31. The topological polar surface area (TPSA) is 68.3 Å². The fraction of sp³-hybridized carbons (Fsp3) is 0.353. The molecule has 0 amide bonds. The maximum atomic E-state index is 12.8. The van der Waals surface area contributed by atoms with E-state index in [1.165, 1.54) is 0 Å². The third-order valence-electron chi connectivity index (χ3n) is 4.19. The highest BCUT2D eigenvalue weighted by atomic mass is 79.9. The Kier molecular flexibility index (Phi) is 5.65. The summed E-state index contributed by atoms with van der Waals surface area (Å²) >= 11 is 3.32. The molecule has 1 aliphatic rings. The highest BCUT2D eigenvalue weighted by Gasteiger charge is 2.30. The van der Waals surface area contributed by atoms with E-state index < -0.39 is 10.0 Å². The number of benzene rings is 1. The van der Waals surface area contributed by atoms with E-state index in [0.29, 0.717) is 13.2 Å². The van der Waals surface area contributed by atoms with Gasteiger partial charge in [-0.1, -0.05) is 22.0 Å². The van der Waals surface area contributed by atoms with E-state index in [9.17, 15) is 8.42 Å². The Balaban J connectivity index is 1.89. The van der Waals surface area contributed by atoms with Crippen molar-refractivity contribution < 1.29 is 13.2 Å². The highest BCUT2D eigenvalue weighted by Crippen LogP contribution is 2.31. The van der Waals surface area contributed by atoms with Crippen molar-refractivity contribution >= 4 is 26.0 Å². The van der Waals surface area contributed by atoms with Crippen LogP contribution in [-0.2, 0) is 14.8 Å². The first-order chi connectivity index (χ1) is 11.6. The zero-order chi connectivity index (χ0) is 17.0. The summed E-state index contributed by atoms with van der Waals surface area (Å²) in [6.07, 6.45) is 5.06. The van der Waals surface area contributed by atoms with Crippen molar-refractivity contribution in [3.8, 4) is 0 Å². The van der Waals surface area contributed by atoms with Gasteiger partial charge in [0.1, 0.15) is 0 Å². The van der Waals surface area contributed by atoms with Crippen LogP contribution in [-0.4, -0.2) is 26.6 Å². The first-order valence-electron chi connectivity index (χ1n) is 7.82. The van der Waals surface area contributed by atoms with E-state index in [1.807, 2.05) is 12.1 Å². The normalized spacial score (nSPS) is 17.5. The average Bonchev–Trinajstić information content (AvgIpc) is 2.62. The van der Waals surface area contributed by atoms with Gasteiger partial charge < -0.3 is 4.74 Å². The predicted octanol–water partition coefficient (Wildman–Crippen LogP) is 3.29. The lowest BCUT2D eigenvalue weighted by Gasteiger charge is -2.31. The molecule has 1 aromatic carbocycles. The van der Waals surface area contributed by atoms with Gasteiger partial charge in [-0.15, -0.1) is 0 Å². The average molecular weight is 411 g/mol. The van der Waals surface area contributed by atoms with Gasteiger partial charge in [-0.05, 0) is 54.7 Å². The molecule has 2 aromatic rings. The van der Waals surface area contributed by atoms with Crippen molar-refractivity contribution in [3.05, 3.63) is 58.8 Å². The molecule has 0 aliphatic carbocycles. The number of halogens is 1. The maximum absolute atomic E-state index is 12.8. The summed E-state index contributed by atoms with van der Waals surface area (Å²) in [5, 5.41) is 0. The van der Waals surface area contributed by atoms with Gasteiger partial charge in [-0.25, -0.2) is 13.1 Å². The first-order valence-corrected chi connectivity index (χ1v) is 10.1. The van der Waals surface area contributed by atoms with Gasteiger partial charge >= 0.3 is 0 Å². The van der Waals surface area contributed by atoms with E-state index in [4.69, 9.17) is 4.74 Å². The number of hydrogen-bond donors (Lipinski definition) is 1. The van der Waals surface area contributed by atoms with Crippen LogP contribution in [0.15, 0.2) is 58.2 Å². The molecule has 1 unspecified atom stereocenters. The summed E-state index contributed by atoms with van der Waals surface area (Å²) in [5.74, 6) is 0.188. The molecule has 1 saturated heterocycles. The van der Waals surface area contributed by atoms with Crippen molar-refractivity contribution in [3.63, 3.8) is 0 Å². The van der Waals surface area contributed by atoms with E-state index in [-0.39, 0.29) is 16.9 Å².